The highest BCUT2D eigenvalue weighted by atomic mass is 32.2. The van der Waals surface area contributed by atoms with Crippen LogP contribution in [0.1, 0.15) is 5.56 Å². The van der Waals surface area contributed by atoms with Gasteiger partial charge in [0, 0.05) is 14.7 Å². The van der Waals surface area contributed by atoms with E-state index in [1.807, 2.05) is 0 Å². The highest BCUT2D eigenvalue weighted by Crippen LogP contribution is 2.37. The molecule has 1 nitrogen and oxygen atoms in total. The average molecular weight is 255 g/mol. The molecule has 0 N–H and O–H groups in total. The van der Waals surface area contributed by atoms with Gasteiger partial charge in [-0.15, -0.1) is 35.3 Å². The maximum atomic E-state index is 8.70. The second kappa shape index (κ2) is 6.37. The Morgan fingerprint density at radius 3 is 1.93 bits per heavy atom. The minimum Gasteiger partial charge on any atom is -0.198 e. The van der Waals surface area contributed by atoms with Crippen molar-refractivity contribution in [2.24, 2.45) is 0 Å². The Labute approximate surface area is 104 Å². The molecule has 4 heteroatoms. The number of rotatable bonds is 4. The van der Waals surface area contributed by atoms with Crippen molar-refractivity contribution in [1.82, 2.24) is 0 Å². The zero-order valence-corrected chi connectivity index (χ0v) is 11.5. The molecule has 0 amide bonds. The largest absolute Gasteiger partial charge is 0.198 e. The molecule has 1 aromatic carbocycles. The Morgan fingerprint density at radius 1 is 1.07 bits per heavy atom. The van der Waals surface area contributed by atoms with Crippen molar-refractivity contribution in [3.05, 3.63) is 17.7 Å². The molecule has 15 heavy (non-hydrogen) atoms. The molecule has 80 valence electrons. The Hall–Kier alpha value is -0.240. The molecule has 0 aromatic heterocycles. The van der Waals surface area contributed by atoms with Crippen molar-refractivity contribution in [1.29, 1.82) is 5.26 Å². The molecule has 0 saturated carbocycles. The van der Waals surface area contributed by atoms with Crippen LogP contribution in [0.15, 0.2) is 26.8 Å². The van der Waals surface area contributed by atoms with Crippen molar-refractivity contribution in [3.63, 3.8) is 0 Å². The fourth-order valence-electron chi connectivity index (χ4n) is 1.33. The van der Waals surface area contributed by atoms with Crippen LogP contribution in [0, 0.1) is 11.3 Å². The van der Waals surface area contributed by atoms with Crippen LogP contribution in [-0.4, -0.2) is 18.8 Å². The number of nitriles is 1. The Balaban J connectivity index is 3.24. The van der Waals surface area contributed by atoms with Gasteiger partial charge in [0.25, 0.3) is 0 Å². The Morgan fingerprint density at radius 2 is 1.60 bits per heavy atom. The molecule has 0 saturated heterocycles. The van der Waals surface area contributed by atoms with Gasteiger partial charge in [0.1, 0.15) is 0 Å². The monoisotopic (exact) mass is 255 g/mol. The summed E-state index contributed by atoms with van der Waals surface area (Å²) >= 11 is 5.27. The number of thioether (sulfide) groups is 3. The normalized spacial score (nSPS) is 10.0. The second-order valence-corrected chi connectivity index (χ2v) is 5.38. The molecular weight excluding hydrogens is 242 g/mol. The van der Waals surface area contributed by atoms with Gasteiger partial charge in [-0.05, 0) is 36.5 Å². The second-order valence-electron chi connectivity index (χ2n) is 2.87. The van der Waals surface area contributed by atoms with Crippen molar-refractivity contribution in [2.75, 3.05) is 18.8 Å². The number of benzene rings is 1. The lowest BCUT2D eigenvalue weighted by atomic mass is 10.2. The molecule has 0 spiro atoms. The predicted molar refractivity (Wildman–Crippen MR) is 71.1 cm³/mol. The van der Waals surface area contributed by atoms with E-state index >= 15 is 0 Å². The van der Waals surface area contributed by atoms with E-state index in [0.717, 1.165) is 5.56 Å². The number of hydrogen-bond acceptors (Lipinski definition) is 4. The summed E-state index contributed by atoms with van der Waals surface area (Å²) in [6.45, 7) is 0. The van der Waals surface area contributed by atoms with Crippen molar-refractivity contribution in [3.8, 4) is 6.07 Å². The van der Waals surface area contributed by atoms with E-state index in [1.165, 1.54) is 14.7 Å². The quantitative estimate of drug-likeness (QED) is 0.761. The maximum Gasteiger partial charge on any atom is 0.0669 e. The molecular formula is C11H13NS3. The lowest BCUT2D eigenvalue weighted by molar-refractivity contribution is 1.07. The molecule has 0 aliphatic carbocycles. The standard InChI is InChI=1S/C11H13NS3/c1-13-9-6-8(4-5-12)7-10(14-2)11(9)15-3/h6-7H,4H2,1-3H3. The third-order valence-electron chi connectivity index (χ3n) is 2.01. The van der Waals surface area contributed by atoms with Gasteiger partial charge < -0.3 is 0 Å². The summed E-state index contributed by atoms with van der Waals surface area (Å²) in [7, 11) is 0. The van der Waals surface area contributed by atoms with Crippen LogP contribution >= 0.6 is 35.3 Å². The molecule has 0 bridgehead atoms. The zero-order valence-electron chi connectivity index (χ0n) is 9.03. The molecule has 0 radical (unpaired) electrons. The highest BCUT2D eigenvalue weighted by molar-refractivity contribution is 8.03. The molecule has 1 rings (SSSR count). The van der Waals surface area contributed by atoms with Crippen LogP contribution in [0.3, 0.4) is 0 Å². The Bertz CT molecular complexity index is 357. The topological polar surface area (TPSA) is 23.8 Å². The van der Waals surface area contributed by atoms with Crippen LogP contribution in [0.25, 0.3) is 0 Å². The van der Waals surface area contributed by atoms with Gasteiger partial charge in [-0.25, -0.2) is 0 Å². The average Bonchev–Trinajstić information content (AvgIpc) is 2.28. The van der Waals surface area contributed by atoms with Crippen LogP contribution in [0.2, 0.25) is 0 Å². The lowest BCUT2D eigenvalue weighted by Gasteiger charge is -2.11. The summed E-state index contributed by atoms with van der Waals surface area (Å²) in [4.78, 5) is 3.89. The first-order valence-corrected chi connectivity index (χ1v) is 8.10. The van der Waals surface area contributed by atoms with Crippen LogP contribution < -0.4 is 0 Å². The van der Waals surface area contributed by atoms with E-state index < -0.39 is 0 Å². The van der Waals surface area contributed by atoms with Gasteiger partial charge in [-0.3, -0.25) is 0 Å². The first-order valence-electron chi connectivity index (χ1n) is 4.42. The highest BCUT2D eigenvalue weighted by Gasteiger charge is 2.08. The maximum absolute atomic E-state index is 8.70. The molecule has 0 atom stereocenters. The summed E-state index contributed by atoms with van der Waals surface area (Å²) in [6.07, 6.45) is 6.75. The summed E-state index contributed by atoms with van der Waals surface area (Å²) in [5.41, 5.74) is 1.11. The summed E-state index contributed by atoms with van der Waals surface area (Å²) in [5, 5.41) is 8.70. The van der Waals surface area contributed by atoms with Crippen molar-refractivity contribution >= 4 is 35.3 Å². The van der Waals surface area contributed by atoms with Gasteiger partial charge in [0.2, 0.25) is 0 Å². The predicted octanol–water partition coefficient (Wildman–Crippen LogP) is 3.92. The van der Waals surface area contributed by atoms with E-state index in [0.29, 0.717) is 6.42 Å². The molecule has 0 aliphatic rings. The molecule has 0 aliphatic heterocycles. The van der Waals surface area contributed by atoms with Gasteiger partial charge >= 0.3 is 0 Å². The smallest absolute Gasteiger partial charge is 0.0669 e. The fourth-order valence-corrected chi connectivity index (χ4v) is 4.04. The fraction of sp³-hybridized carbons (Fsp3) is 0.364. The van der Waals surface area contributed by atoms with Gasteiger partial charge in [-0.1, -0.05) is 0 Å². The summed E-state index contributed by atoms with van der Waals surface area (Å²) < 4.78 is 0. The van der Waals surface area contributed by atoms with Gasteiger partial charge in [0.05, 0.1) is 12.5 Å². The van der Waals surface area contributed by atoms with E-state index in [2.05, 4.69) is 37.0 Å². The summed E-state index contributed by atoms with van der Waals surface area (Å²) in [5.74, 6) is 0. The molecule has 1 aromatic rings. The van der Waals surface area contributed by atoms with Crippen molar-refractivity contribution in [2.45, 2.75) is 21.1 Å². The first kappa shape index (κ1) is 12.8. The van der Waals surface area contributed by atoms with E-state index in [9.17, 15) is 0 Å². The lowest BCUT2D eigenvalue weighted by Crippen LogP contribution is -1.88. The van der Waals surface area contributed by atoms with Gasteiger partial charge in [-0.2, -0.15) is 5.26 Å². The third-order valence-corrected chi connectivity index (χ3v) is 4.64. The zero-order chi connectivity index (χ0) is 11.3. The molecule has 0 fully saturated rings. The third kappa shape index (κ3) is 3.10. The van der Waals surface area contributed by atoms with Crippen LogP contribution in [0.5, 0.6) is 0 Å². The van der Waals surface area contributed by atoms with Crippen LogP contribution in [-0.2, 0) is 6.42 Å². The molecule has 0 heterocycles. The summed E-state index contributed by atoms with van der Waals surface area (Å²) in [6, 6.07) is 6.45. The van der Waals surface area contributed by atoms with E-state index in [1.54, 1.807) is 35.3 Å². The van der Waals surface area contributed by atoms with E-state index in [4.69, 9.17) is 5.26 Å². The molecule has 0 unspecified atom stereocenters. The minimum atomic E-state index is 0.496. The number of nitrogens with zero attached hydrogens (tertiary/aromatic N) is 1. The van der Waals surface area contributed by atoms with Crippen molar-refractivity contribution < 1.29 is 0 Å². The van der Waals surface area contributed by atoms with Crippen LogP contribution in [0.4, 0.5) is 0 Å². The first-order chi connectivity index (χ1) is 7.26. The van der Waals surface area contributed by atoms with E-state index in [-0.39, 0.29) is 0 Å². The minimum absolute atomic E-state index is 0.496. The SMILES string of the molecule is CSc1cc(CC#N)cc(SC)c1SC. The number of hydrogen-bond donors (Lipinski definition) is 0. The van der Waals surface area contributed by atoms with Gasteiger partial charge in [0.15, 0.2) is 0 Å². The Kier molecular flexibility index (Phi) is 5.44.